The summed E-state index contributed by atoms with van der Waals surface area (Å²) in [5.74, 6) is -0.747. The molecule has 24 heavy (non-hydrogen) atoms. The van der Waals surface area contributed by atoms with Crippen LogP contribution in [0.4, 0.5) is 4.39 Å². The third-order valence-corrected chi connectivity index (χ3v) is 5.42. The molecule has 0 saturated carbocycles. The number of hydrogen-bond donors (Lipinski definition) is 1. The zero-order valence-corrected chi connectivity index (χ0v) is 15.5. The Kier molecular flexibility index (Phi) is 5.65. The van der Waals surface area contributed by atoms with E-state index in [0.29, 0.717) is 17.7 Å². The fourth-order valence-corrected chi connectivity index (χ4v) is 3.25. The number of benzene rings is 1. The molecule has 0 aromatic heterocycles. The van der Waals surface area contributed by atoms with E-state index < -0.39 is 27.5 Å². The van der Waals surface area contributed by atoms with Crippen LogP contribution in [0.3, 0.4) is 0 Å². The molecule has 0 spiro atoms. The lowest BCUT2D eigenvalue weighted by Crippen LogP contribution is -2.45. The molecule has 0 fully saturated rings. The van der Waals surface area contributed by atoms with Crippen molar-refractivity contribution in [3.8, 4) is 5.75 Å². The van der Waals surface area contributed by atoms with E-state index in [1.807, 2.05) is 27.7 Å². The van der Waals surface area contributed by atoms with Crippen LogP contribution in [-0.4, -0.2) is 33.7 Å². The molecule has 134 valence electrons. The average molecular weight is 357 g/mol. The molecule has 1 aromatic carbocycles. The molecule has 0 bridgehead atoms. The minimum absolute atomic E-state index is 0.0958. The Balaban J connectivity index is 2.18. The lowest BCUT2D eigenvalue weighted by Gasteiger charge is -2.25. The molecule has 1 aliphatic rings. The Hall–Kier alpha value is -1.47. The van der Waals surface area contributed by atoms with Gasteiger partial charge in [0.1, 0.15) is 23.2 Å². The molecule has 1 heterocycles. The van der Waals surface area contributed by atoms with E-state index in [9.17, 15) is 13.4 Å². The number of halogens is 1. The van der Waals surface area contributed by atoms with Crippen LogP contribution in [0.25, 0.3) is 0 Å². The maximum absolute atomic E-state index is 13.8. The lowest BCUT2D eigenvalue weighted by atomic mass is 10.0. The molecular weight excluding hydrogens is 333 g/mol. The number of rotatable bonds is 5. The largest absolute Gasteiger partial charge is 0.487 e. The lowest BCUT2D eigenvalue weighted by molar-refractivity contribution is 0.0519. The van der Waals surface area contributed by atoms with Gasteiger partial charge in [-0.3, -0.25) is 0 Å². The van der Waals surface area contributed by atoms with Gasteiger partial charge in [-0.25, -0.2) is 18.1 Å². The van der Waals surface area contributed by atoms with Crippen LogP contribution >= 0.6 is 0 Å². The molecule has 1 unspecified atom stereocenters. The van der Waals surface area contributed by atoms with Crippen molar-refractivity contribution < 1.29 is 22.9 Å². The Labute approximate surface area is 144 Å². The molecule has 5 nitrogen and oxygen atoms in total. The van der Waals surface area contributed by atoms with Crippen LogP contribution in [0.5, 0.6) is 5.75 Å². The van der Waals surface area contributed by atoms with Crippen LogP contribution in [-0.2, 0) is 22.1 Å². The first-order valence-electron chi connectivity index (χ1n) is 7.97. The zero-order chi connectivity index (χ0) is 18.1. The summed E-state index contributed by atoms with van der Waals surface area (Å²) < 4.78 is 39.5. The maximum atomic E-state index is 13.8. The van der Waals surface area contributed by atoms with E-state index >= 15 is 0 Å². The van der Waals surface area contributed by atoms with Gasteiger partial charge in [0, 0.05) is 12.0 Å². The fraction of sp³-hybridized carbons (Fsp3) is 0.588. The van der Waals surface area contributed by atoms with Crippen LogP contribution in [0.2, 0.25) is 0 Å². The Morgan fingerprint density at radius 3 is 2.75 bits per heavy atom. The molecule has 0 radical (unpaired) electrons. The number of carbonyl (C=O) groups excluding carboxylic acids is 1. The second-order valence-electron chi connectivity index (χ2n) is 6.81. The van der Waals surface area contributed by atoms with Gasteiger partial charge in [0.25, 0.3) is 0 Å². The summed E-state index contributed by atoms with van der Waals surface area (Å²) in [6, 6.07) is 2.27. The van der Waals surface area contributed by atoms with Crippen molar-refractivity contribution in [1.82, 2.24) is 4.72 Å². The van der Waals surface area contributed by atoms with Crippen LogP contribution in [0, 0.1) is 5.82 Å². The van der Waals surface area contributed by atoms with E-state index in [1.165, 1.54) is 6.07 Å². The van der Waals surface area contributed by atoms with Crippen LogP contribution < -0.4 is 9.46 Å². The molecule has 0 aliphatic carbocycles. The molecule has 0 saturated heterocycles. The van der Waals surface area contributed by atoms with Gasteiger partial charge in [0.15, 0.2) is 0 Å². The number of ether oxygens (including phenoxy) is 2. The van der Waals surface area contributed by atoms with Gasteiger partial charge in [-0.15, -0.1) is 0 Å². The van der Waals surface area contributed by atoms with Crippen LogP contribution in [0.15, 0.2) is 12.1 Å². The standard InChI is InChI=1S/C17H24FNO4S/c1-6-22-16(20)13-9-12(18)7-11-8-14(23-15(11)13)10(2)19-24(21)17(3,4)5/h7,9-10,14,19H,6,8H2,1-5H3/t10-,14?,24-/m1/s1. The minimum atomic E-state index is -1.25. The van der Waals surface area contributed by atoms with Gasteiger partial charge in [-0.05, 0) is 46.8 Å². The first kappa shape index (κ1) is 18.9. The van der Waals surface area contributed by atoms with Crippen molar-refractivity contribution in [1.29, 1.82) is 0 Å². The number of nitrogens with one attached hydrogen (secondary N) is 1. The summed E-state index contributed by atoms with van der Waals surface area (Å²) in [5, 5.41) is 0. The Bertz CT molecular complexity index is 657. The topological polar surface area (TPSA) is 64.6 Å². The van der Waals surface area contributed by atoms with E-state index in [1.54, 1.807) is 6.92 Å². The van der Waals surface area contributed by atoms with Gasteiger partial charge >= 0.3 is 5.97 Å². The molecule has 1 aliphatic heterocycles. The van der Waals surface area contributed by atoms with E-state index in [4.69, 9.17) is 9.47 Å². The summed E-state index contributed by atoms with van der Waals surface area (Å²) in [6.45, 7) is 9.38. The predicted molar refractivity (Wildman–Crippen MR) is 91.0 cm³/mol. The van der Waals surface area contributed by atoms with Gasteiger partial charge in [-0.1, -0.05) is 0 Å². The number of fused-ring (bicyclic) bond motifs is 1. The second-order valence-corrected chi connectivity index (χ2v) is 8.81. The highest BCUT2D eigenvalue weighted by Gasteiger charge is 2.34. The van der Waals surface area contributed by atoms with E-state index in [0.717, 1.165) is 6.07 Å². The van der Waals surface area contributed by atoms with Crippen molar-refractivity contribution in [2.45, 2.75) is 57.9 Å². The van der Waals surface area contributed by atoms with Gasteiger partial charge in [0.05, 0.1) is 28.4 Å². The highest BCUT2D eigenvalue weighted by molar-refractivity contribution is 7.84. The van der Waals surface area contributed by atoms with E-state index in [2.05, 4.69) is 4.72 Å². The predicted octanol–water partition coefficient (Wildman–Crippen LogP) is 2.75. The summed E-state index contributed by atoms with van der Waals surface area (Å²) >= 11 is 0. The van der Waals surface area contributed by atoms with Crippen molar-refractivity contribution in [2.24, 2.45) is 0 Å². The highest BCUT2D eigenvalue weighted by Crippen LogP contribution is 2.35. The third-order valence-electron chi connectivity index (χ3n) is 3.72. The SMILES string of the molecule is CCOC(=O)c1cc(F)cc2c1OC([C@@H](C)N[S@](=O)C(C)(C)C)C2. The zero-order valence-electron chi connectivity index (χ0n) is 14.6. The molecule has 1 aromatic rings. The fourth-order valence-electron chi connectivity index (χ4n) is 2.41. The average Bonchev–Trinajstić information content (AvgIpc) is 2.89. The van der Waals surface area contributed by atoms with Crippen molar-refractivity contribution in [2.75, 3.05) is 6.61 Å². The van der Waals surface area contributed by atoms with Gasteiger partial charge in [0.2, 0.25) is 0 Å². The minimum Gasteiger partial charge on any atom is -0.487 e. The van der Waals surface area contributed by atoms with Gasteiger partial charge < -0.3 is 9.47 Å². The Morgan fingerprint density at radius 1 is 1.50 bits per heavy atom. The summed E-state index contributed by atoms with van der Waals surface area (Å²) in [4.78, 5) is 12.0. The van der Waals surface area contributed by atoms with Crippen molar-refractivity contribution in [3.63, 3.8) is 0 Å². The van der Waals surface area contributed by atoms with Gasteiger partial charge in [-0.2, -0.15) is 0 Å². The molecular formula is C17H24FNO4S. The maximum Gasteiger partial charge on any atom is 0.342 e. The number of esters is 1. The number of hydrogen-bond acceptors (Lipinski definition) is 4. The smallest absolute Gasteiger partial charge is 0.342 e. The monoisotopic (exact) mass is 357 g/mol. The molecule has 1 N–H and O–H groups in total. The quantitative estimate of drug-likeness (QED) is 0.823. The second kappa shape index (κ2) is 7.19. The Morgan fingerprint density at radius 2 is 2.17 bits per heavy atom. The first-order valence-corrected chi connectivity index (χ1v) is 9.12. The van der Waals surface area contributed by atoms with E-state index in [-0.39, 0.29) is 24.3 Å². The first-order chi connectivity index (χ1) is 11.1. The third kappa shape index (κ3) is 4.13. The molecule has 7 heteroatoms. The highest BCUT2D eigenvalue weighted by atomic mass is 32.2. The van der Waals surface area contributed by atoms with Crippen LogP contribution in [0.1, 0.15) is 50.5 Å². The summed E-state index contributed by atoms with van der Waals surface area (Å²) in [6.07, 6.45) is 0.107. The summed E-state index contributed by atoms with van der Waals surface area (Å²) in [5.41, 5.74) is 0.719. The molecule has 3 atom stereocenters. The van der Waals surface area contributed by atoms with Crippen molar-refractivity contribution >= 4 is 17.0 Å². The summed E-state index contributed by atoms with van der Waals surface area (Å²) in [7, 11) is -1.25. The van der Waals surface area contributed by atoms with Crippen molar-refractivity contribution in [3.05, 3.63) is 29.1 Å². The molecule has 2 rings (SSSR count). The molecule has 0 amide bonds. The normalized spacial score (nSPS) is 19.3. The number of carbonyl (C=O) groups is 1.